The highest BCUT2D eigenvalue weighted by Crippen LogP contribution is 2.35. The standard InChI is InChI=1S/C17H18F4N2O2/c1-3-25-15-6-10(4-5-14(15)24-2)9-23-16-12(18)7-11(8-13(16)22)17(19,20)21/h4-8,23H,3,9,22H2,1-2H3. The van der Waals surface area contributed by atoms with Crippen molar-refractivity contribution in [1.29, 1.82) is 0 Å². The van der Waals surface area contributed by atoms with E-state index in [9.17, 15) is 17.6 Å². The van der Waals surface area contributed by atoms with E-state index in [1.165, 1.54) is 7.11 Å². The Bertz CT molecular complexity index is 725. The molecule has 3 N–H and O–H groups in total. The largest absolute Gasteiger partial charge is 0.493 e. The molecule has 0 amide bonds. The number of ether oxygens (including phenoxy) is 2. The summed E-state index contributed by atoms with van der Waals surface area (Å²) < 4.78 is 62.5. The normalized spacial score (nSPS) is 11.3. The number of nitrogen functional groups attached to an aromatic ring is 1. The van der Waals surface area contributed by atoms with Crippen molar-refractivity contribution in [2.45, 2.75) is 19.6 Å². The van der Waals surface area contributed by atoms with Gasteiger partial charge in [-0.05, 0) is 36.8 Å². The summed E-state index contributed by atoms with van der Waals surface area (Å²) >= 11 is 0. The molecule has 0 spiro atoms. The number of benzene rings is 2. The first-order chi connectivity index (χ1) is 11.8. The zero-order valence-corrected chi connectivity index (χ0v) is 13.7. The number of alkyl halides is 3. The van der Waals surface area contributed by atoms with E-state index in [-0.39, 0.29) is 17.9 Å². The summed E-state index contributed by atoms with van der Waals surface area (Å²) in [5, 5.41) is 2.72. The smallest absolute Gasteiger partial charge is 0.416 e. The Morgan fingerprint density at radius 3 is 2.40 bits per heavy atom. The van der Waals surface area contributed by atoms with Gasteiger partial charge >= 0.3 is 6.18 Å². The molecule has 0 aromatic heterocycles. The second-order valence-corrected chi connectivity index (χ2v) is 5.19. The lowest BCUT2D eigenvalue weighted by Gasteiger charge is -2.15. The maximum absolute atomic E-state index is 14.0. The van der Waals surface area contributed by atoms with Crippen LogP contribution >= 0.6 is 0 Å². The van der Waals surface area contributed by atoms with Crippen LogP contribution in [0.25, 0.3) is 0 Å². The van der Waals surface area contributed by atoms with Crippen molar-refractivity contribution in [3.05, 3.63) is 47.3 Å². The Balaban J connectivity index is 2.20. The van der Waals surface area contributed by atoms with E-state index in [4.69, 9.17) is 15.2 Å². The first kappa shape index (κ1) is 18.7. The van der Waals surface area contributed by atoms with Crippen LogP contribution in [0.5, 0.6) is 11.5 Å². The molecule has 0 bridgehead atoms. The summed E-state index contributed by atoms with van der Waals surface area (Å²) in [6.45, 7) is 2.41. The van der Waals surface area contributed by atoms with E-state index in [0.717, 1.165) is 5.56 Å². The highest BCUT2D eigenvalue weighted by Gasteiger charge is 2.32. The molecule has 4 nitrogen and oxygen atoms in total. The average molecular weight is 358 g/mol. The van der Waals surface area contributed by atoms with Crippen LogP contribution in [0.3, 0.4) is 0 Å². The van der Waals surface area contributed by atoms with Gasteiger partial charge in [0, 0.05) is 6.54 Å². The van der Waals surface area contributed by atoms with Gasteiger partial charge in [-0.25, -0.2) is 4.39 Å². The van der Waals surface area contributed by atoms with Gasteiger partial charge in [0.25, 0.3) is 0 Å². The summed E-state index contributed by atoms with van der Waals surface area (Å²) in [6.07, 6.45) is -4.66. The number of rotatable bonds is 6. The van der Waals surface area contributed by atoms with Crippen LogP contribution in [-0.2, 0) is 12.7 Å². The third-order valence-corrected chi connectivity index (χ3v) is 3.45. The van der Waals surface area contributed by atoms with E-state index in [1.807, 2.05) is 6.92 Å². The van der Waals surface area contributed by atoms with Crippen LogP contribution in [0.1, 0.15) is 18.1 Å². The van der Waals surface area contributed by atoms with Crippen molar-refractivity contribution >= 4 is 11.4 Å². The first-order valence-electron chi connectivity index (χ1n) is 7.46. The van der Waals surface area contributed by atoms with Crippen molar-refractivity contribution < 1.29 is 27.0 Å². The second-order valence-electron chi connectivity index (χ2n) is 5.19. The van der Waals surface area contributed by atoms with Crippen molar-refractivity contribution in [3.8, 4) is 11.5 Å². The van der Waals surface area contributed by atoms with Gasteiger partial charge in [-0.3, -0.25) is 0 Å². The topological polar surface area (TPSA) is 56.5 Å². The SMILES string of the molecule is CCOc1cc(CNc2c(N)cc(C(F)(F)F)cc2F)ccc1OC. The minimum atomic E-state index is -4.66. The minimum absolute atomic E-state index is 0.149. The quantitative estimate of drug-likeness (QED) is 0.592. The predicted octanol–water partition coefficient (Wildman–Crippen LogP) is 4.45. The van der Waals surface area contributed by atoms with Crippen LogP contribution in [0, 0.1) is 5.82 Å². The van der Waals surface area contributed by atoms with Crippen molar-refractivity contribution in [1.82, 2.24) is 0 Å². The molecule has 2 aromatic carbocycles. The van der Waals surface area contributed by atoms with Crippen molar-refractivity contribution in [2.75, 3.05) is 24.8 Å². The zero-order valence-electron chi connectivity index (χ0n) is 13.7. The third kappa shape index (κ3) is 4.46. The van der Waals surface area contributed by atoms with E-state index < -0.39 is 17.6 Å². The van der Waals surface area contributed by atoms with E-state index in [2.05, 4.69) is 5.32 Å². The lowest BCUT2D eigenvalue weighted by atomic mass is 10.1. The Morgan fingerprint density at radius 1 is 1.12 bits per heavy atom. The summed E-state index contributed by atoms with van der Waals surface area (Å²) in [5.41, 5.74) is 4.66. The number of methoxy groups -OCH3 is 1. The molecule has 0 fully saturated rings. The summed E-state index contributed by atoms with van der Waals surface area (Å²) in [4.78, 5) is 0. The fraction of sp³-hybridized carbons (Fsp3) is 0.294. The molecule has 0 unspecified atom stereocenters. The van der Waals surface area contributed by atoms with Crippen LogP contribution in [-0.4, -0.2) is 13.7 Å². The van der Waals surface area contributed by atoms with Crippen molar-refractivity contribution in [3.63, 3.8) is 0 Å². The Hall–Kier alpha value is -2.64. The monoisotopic (exact) mass is 358 g/mol. The summed E-state index contributed by atoms with van der Waals surface area (Å²) in [7, 11) is 1.51. The Labute approximate surface area is 142 Å². The summed E-state index contributed by atoms with van der Waals surface area (Å²) in [6, 6.07) is 6.23. The molecule has 0 saturated heterocycles. The molecule has 0 saturated carbocycles. The fourth-order valence-electron chi connectivity index (χ4n) is 2.27. The number of nitrogens with two attached hydrogens (primary N) is 1. The molecule has 0 aliphatic heterocycles. The molecule has 0 radical (unpaired) electrons. The highest BCUT2D eigenvalue weighted by atomic mass is 19.4. The Morgan fingerprint density at radius 2 is 1.84 bits per heavy atom. The van der Waals surface area contributed by atoms with Crippen LogP contribution < -0.4 is 20.5 Å². The van der Waals surface area contributed by atoms with Crippen LogP contribution in [0.4, 0.5) is 28.9 Å². The molecule has 0 heterocycles. The number of nitrogens with one attached hydrogen (secondary N) is 1. The predicted molar refractivity (Wildman–Crippen MR) is 87.3 cm³/mol. The molecule has 2 aromatic rings. The lowest BCUT2D eigenvalue weighted by molar-refractivity contribution is -0.137. The third-order valence-electron chi connectivity index (χ3n) is 3.45. The van der Waals surface area contributed by atoms with E-state index in [1.54, 1.807) is 18.2 Å². The van der Waals surface area contributed by atoms with E-state index >= 15 is 0 Å². The second kappa shape index (κ2) is 7.50. The molecule has 0 atom stereocenters. The van der Waals surface area contributed by atoms with Crippen LogP contribution in [0.2, 0.25) is 0 Å². The number of hydrogen-bond acceptors (Lipinski definition) is 4. The van der Waals surface area contributed by atoms with Gasteiger partial charge in [0.05, 0.1) is 30.7 Å². The molecule has 136 valence electrons. The average Bonchev–Trinajstić information content (AvgIpc) is 2.53. The fourth-order valence-corrected chi connectivity index (χ4v) is 2.27. The van der Waals surface area contributed by atoms with Gasteiger partial charge in [-0.1, -0.05) is 6.07 Å². The molecule has 2 rings (SSSR count). The Kier molecular flexibility index (Phi) is 5.61. The molecular weight excluding hydrogens is 340 g/mol. The molecular formula is C17H18F4N2O2. The molecule has 8 heteroatoms. The number of anilines is 2. The van der Waals surface area contributed by atoms with Crippen molar-refractivity contribution in [2.24, 2.45) is 0 Å². The van der Waals surface area contributed by atoms with Gasteiger partial charge < -0.3 is 20.5 Å². The van der Waals surface area contributed by atoms with Crippen LogP contribution in [0.15, 0.2) is 30.3 Å². The number of halogens is 4. The maximum atomic E-state index is 14.0. The molecule has 25 heavy (non-hydrogen) atoms. The van der Waals surface area contributed by atoms with Gasteiger partial charge in [0.1, 0.15) is 5.82 Å². The maximum Gasteiger partial charge on any atom is 0.416 e. The van der Waals surface area contributed by atoms with Gasteiger partial charge in [0.2, 0.25) is 0 Å². The summed E-state index contributed by atoms with van der Waals surface area (Å²) in [5.74, 6) is 0.00172. The highest BCUT2D eigenvalue weighted by molar-refractivity contribution is 5.68. The van der Waals surface area contributed by atoms with Gasteiger partial charge in [-0.15, -0.1) is 0 Å². The molecule has 0 aliphatic rings. The van der Waals surface area contributed by atoms with Gasteiger partial charge in [0.15, 0.2) is 11.5 Å². The van der Waals surface area contributed by atoms with Gasteiger partial charge in [-0.2, -0.15) is 13.2 Å². The first-order valence-corrected chi connectivity index (χ1v) is 7.46. The molecule has 0 aliphatic carbocycles. The van der Waals surface area contributed by atoms with E-state index in [0.29, 0.717) is 30.2 Å². The minimum Gasteiger partial charge on any atom is -0.493 e. The lowest BCUT2D eigenvalue weighted by Crippen LogP contribution is -2.10. The zero-order chi connectivity index (χ0) is 18.6. The number of hydrogen-bond donors (Lipinski definition) is 2.